The molecule has 0 N–H and O–H groups in total. The average molecular weight is 460 g/mol. The van der Waals surface area contributed by atoms with E-state index in [0.717, 1.165) is 66.2 Å². The van der Waals surface area contributed by atoms with Gasteiger partial charge in [-0.3, -0.25) is 4.40 Å². The molecular formula is C32H17N3O. The fraction of sp³-hybridized carbons (Fsp3) is 0. The lowest BCUT2D eigenvalue weighted by Crippen LogP contribution is -1.89. The molecule has 4 heterocycles. The zero-order valence-electron chi connectivity index (χ0n) is 19.1. The van der Waals surface area contributed by atoms with Crippen molar-refractivity contribution in [2.45, 2.75) is 0 Å². The van der Waals surface area contributed by atoms with Gasteiger partial charge in [-0.1, -0.05) is 66.7 Å². The first-order chi connectivity index (χ1) is 17.8. The van der Waals surface area contributed by atoms with E-state index in [-0.39, 0.29) is 0 Å². The summed E-state index contributed by atoms with van der Waals surface area (Å²) in [6.45, 7) is 0. The van der Waals surface area contributed by atoms with Gasteiger partial charge in [0.15, 0.2) is 5.65 Å². The van der Waals surface area contributed by atoms with E-state index in [0.29, 0.717) is 0 Å². The highest BCUT2D eigenvalue weighted by molar-refractivity contribution is 6.22. The van der Waals surface area contributed by atoms with Gasteiger partial charge in [-0.25, -0.2) is 9.97 Å². The minimum absolute atomic E-state index is 0.906. The van der Waals surface area contributed by atoms with Gasteiger partial charge >= 0.3 is 0 Å². The molecule has 4 aromatic heterocycles. The molecule has 4 nitrogen and oxygen atoms in total. The summed E-state index contributed by atoms with van der Waals surface area (Å²) < 4.78 is 8.35. The molecular weight excluding hydrogens is 442 g/mol. The van der Waals surface area contributed by atoms with Crippen molar-refractivity contribution in [3.8, 4) is 11.1 Å². The third kappa shape index (κ3) is 2.24. The summed E-state index contributed by atoms with van der Waals surface area (Å²) in [5.41, 5.74) is 10.2. The molecule has 9 rings (SSSR count). The predicted octanol–water partition coefficient (Wildman–Crippen LogP) is 8.35. The summed E-state index contributed by atoms with van der Waals surface area (Å²) in [4.78, 5) is 10.1. The molecule has 0 radical (unpaired) electrons. The molecule has 0 bridgehead atoms. The van der Waals surface area contributed by atoms with Crippen LogP contribution in [0.4, 0.5) is 0 Å². The van der Waals surface area contributed by atoms with Gasteiger partial charge in [-0.05, 0) is 47.5 Å². The number of furan rings is 1. The molecule has 166 valence electrons. The maximum Gasteiger partial charge on any atom is 0.165 e. The van der Waals surface area contributed by atoms with Crippen molar-refractivity contribution < 1.29 is 4.42 Å². The number of fused-ring (bicyclic) bond motifs is 10. The first-order valence-electron chi connectivity index (χ1n) is 12.1. The molecule has 0 saturated carbocycles. The van der Waals surface area contributed by atoms with Crippen molar-refractivity contribution in [2.24, 2.45) is 0 Å². The van der Waals surface area contributed by atoms with Crippen molar-refractivity contribution >= 4 is 71.3 Å². The molecule has 4 heteroatoms. The molecule has 0 unspecified atom stereocenters. The van der Waals surface area contributed by atoms with Crippen LogP contribution in [0.25, 0.3) is 82.5 Å². The van der Waals surface area contributed by atoms with Crippen LogP contribution in [0.2, 0.25) is 0 Å². The van der Waals surface area contributed by atoms with Crippen LogP contribution in [0.1, 0.15) is 0 Å². The first-order valence-corrected chi connectivity index (χ1v) is 12.1. The Bertz CT molecular complexity index is 2320. The summed E-state index contributed by atoms with van der Waals surface area (Å²) in [5, 5.41) is 5.88. The maximum absolute atomic E-state index is 6.05. The van der Waals surface area contributed by atoms with E-state index in [1.807, 2.05) is 36.4 Å². The Kier molecular flexibility index (Phi) is 3.25. The van der Waals surface area contributed by atoms with E-state index in [1.54, 1.807) is 0 Å². The van der Waals surface area contributed by atoms with Crippen molar-refractivity contribution in [3.05, 3.63) is 103 Å². The summed E-state index contributed by atoms with van der Waals surface area (Å²) in [7, 11) is 0. The van der Waals surface area contributed by atoms with Gasteiger partial charge in [-0.15, -0.1) is 0 Å². The minimum atomic E-state index is 0.906. The van der Waals surface area contributed by atoms with Gasteiger partial charge < -0.3 is 4.42 Å². The highest BCUT2D eigenvalue weighted by Gasteiger charge is 2.20. The highest BCUT2D eigenvalue weighted by Crippen LogP contribution is 2.40. The van der Waals surface area contributed by atoms with E-state index in [9.17, 15) is 0 Å². The molecule has 0 saturated heterocycles. The van der Waals surface area contributed by atoms with Crippen LogP contribution in [0.15, 0.2) is 108 Å². The number of aromatic nitrogens is 3. The van der Waals surface area contributed by atoms with Gasteiger partial charge in [0.1, 0.15) is 16.7 Å². The zero-order valence-corrected chi connectivity index (χ0v) is 19.1. The SMILES string of the molecule is c1ccc2nc3c(nc2c1)c1cccc2c4ccc(-c5ccc6oc7ccccc7c6c5)cc4n3c21. The zero-order chi connectivity index (χ0) is 23.4. The topological polar surface area (TPSA) is 43.3 Å². The lowest BCUT2D eigenvalue weighted by molar-refractivity contribution is 0.669. The maximum atomic E-state index is 6.05. The lowest BCUT2D eigenvalue weighted by atomic mass is 10.0. The van der Waals surface area contributed by atoms with Crippen molar-refractivity contribution in [1.29, 1.82) is 0 Å². The number of nitrogens with zero attached hydrogens (tertiary/aromatic N) is 3. The van der Waals surface area contributed by atoms with E-state index < -0.39 is 0 Å². The number of para-hydroxylation sites is 4. The van der Waals surface area contributed by atoms with Gasteiger partial charge in [0.2, 0.25) is 0 Å². The van der Waals surface area contributed by atoms with E-state index in [1.165, 1.54) is 16.3 Å². The minimum Gasteiger partial charge on any atom is -0.456 e. The second-order valence-electron chi connectivity index (χ2n) is 9.46. The van der Waals surface area contributed by atoms with Crippen LogP contribution in [-0.2, 0) is 0 Å². The lowest BCUT2D eigenvalue weighted by Gasteiger charge is -2.04. The molecule has 0 amide bonds. The van der Waals surface area contributed by atoms with Gasteiger partial charge in [0.25, 0.3) is 0 Å². The molecule has 0 aliphatic rings. The smallest absolute Gasteiger partial charge is 0.165 e. The average Bonchev–Trinajstić information content (AvgIpc) is 3.57. The molecule has 0 fully saturated rings. The molecule has 0 spiro atoms. The summed E-state index contributed by atoms with van der Waals surface area (Å²) in [6.07, 6.45) is 0. The van der Waals surface area contributed by atoms with Crippen LogP contribution in [0.3, 0.4) is 0 Å². The Hall–Kier alpha value is -4.96. The molecule has 9 aromatic rings. The second-order valence-corrected chi connectivity index (χ2v) is 9.46. The second kappa shape index (κ2) is 6.37. The molecule has 36 heavy (non-hydrogen) atoms. The van der Waals surface area contributed by atoms with E-state index in [2.05, 4.69) is 71.1 Å². The molecule has 0 aliphatic heterocycles. The Balaban J connectivity index is 1.38. The van der Waals surface area contributed by atoms with Crippen LogP contribution < -0.4 is 0 Å². The Morgan fingerprint density at radius 2 is 1.25 bits per heavy atom. The molecule has 0 atom stereocenters. The number of hydrogen-bond donors (Lipinski definition) is 0. The number of rotatable bonds is 1. The standard InChI is InChI=1S/C32H17N3O/c1-4-11-28-21(6-1)24-16-18(13-15-29(24)36-28)19-12-14-20-22-7-5-8-23-30-32(35(31(22)23)27(20)17-19)34-26-10-3-2-9-25(26)33-30/h1-17H. The fourth-order valence-electron chi connectivity index (χ4n) is 5.89. The summed E-state index contributed by atoms with van der Waals surface area (Å²) in [5.74, 6) is 0. The fourth-order valence-corrected chi connectivity index (χ4v) is 5.89. The normalized spacial score (nSPS) is 12.4. The van der Waals surface area contributed by atoms with Crippen LogP contribution in [-0.4, -0.2) is 14.4 Å². The van der Waals surface area contributed by atoms with Crippen LogP contribution >= 0.6 is 0 Å². The van der Waals surface area contributed by atoms with Crippen LogP contribution in [0, 0.1) is 0 Å². The number of hydrogen-bond acceptors (Lipinski definition) is 3. The monoisotopic (exact) mass is 459 g/mol. The Morgan fingerprint density at radius 3 is 2.19 bits per heavy atom. The van der Waals surface area contributed by atoms with Crippen molar-refractivity contribution in [3.63, 3.8) is 0 Å². The Labute approximate surface area is 204 Å². The summed E-state index contributed by atoms with van der Waals surface area (Å²) >= 11 is 0. The first kappa shape index (κ1) is 18.4. The Morgan fingerprint density at radius 1 is 0.528 bits per heavy atom. The number of benzene rings is 5. The van der Waals surface area contributed by atoms with Crippen LogP contribution in [0.5, 0.6) is 0 Å². The van der Waals surface area contributed by atoms with Gasteiger partial charge in [0, 0.05) is 26.9 Å². The van der Waals surface area contributed by atoms with E-state index >= 15 is 0 Å². The largest absolute Gasteiger partial charge is 0.456 e. The highest BCUT2D eigenvalue weighted by atomic mass is 16.3. The quantitative estimate of drug-likeness (QED) is 0.248. The van der Waals surface area contributed by atoms with Gasteiger partial charge in [0.05, 0.1) is 22.1 Å². The predicted molar refractivity (Wildman–Crippen MR) is 147 cm³/mol. The van der Waals surface area contributed by atoms with Gasteiger partial charge in [-0.2, -0.15) is 0 Å². The molecule has 0 aliphatic carbocycles. The van der Waals surface area contributed by atoms with E-state index in [4.69, 9.17) is 14.4 Å². The third-order valence-corrected chi connectivity index (χ3v) is 7.52. The third-order valence-electron chi connectivity index (χ3n) is 7.52. The van der Waals surface area contributed by atoms with Crippen molar-refractivity contribution in [1.82, 2.24) is 14.4 Å². The van der Waals surface area contributed by atoms with Crippen molar-refractivity contribution in [2.75, 3.05) is 0 Å². The molecule has 5 aromatic carbocycles. The summed E-state index contributed by atoms with van der Waals surface area (Å²) in [6, 6.07) is 36.0.